The standard InChI is InChI=1S/C44H56N8O6/c1-58-37-22-34-29(21-35(37)47-40(54)33-6-2-3-17-45-33)26-51(49-34)30-10-8-27(9-11-30)25-50-19-15-44(16-20-50)23-28(24-44)14-18-46-32-7-4-5-31-39(32)43(57)52(42(31)56)36-12-13-38(53)48-41(36)55/h4-5,7,21-22,26-28,30,33,36,45-46H,2-3,6,8-20,23-25H2,1H3,(H,47,54)(H,48,53,55)/t27-,30-,33-,36?/m0/s1. The molecule has 2 saturated carbocycles. The third-order valence-electron chi connectivity index (χ3n) is 14.1. The minimum atomic E-state index is -0.965. The Morgan fingerprint density at radius 2 is 1.76 bits per heavy atom. The number of aromatic nitrogens is 2. The summed E-state index contributed by atoms with van der Waals surface area (Å²) in [6, 6.07) is 8.42. The number of carbonyl (C=O) groups excluding carboxylic acids is 5. The summed E-state index contributed by atoms with van der Waals surface area (Å²) in [5.41, 5.74) is 3.30. The van der Waals surface area contributed by atoms with E-state index >= 15 is 0 Å². The van der Waals surface area contributed by atoms with Gasteiger partial charge >= 0.3 is 0 Å². The van der Waals surface area contributed by atoms with Crippen molar-refractivity contribution in [3.05, 3.63) is 47.7 Å². The lowest BCUT2D eigenvalue weighted by molar-refractivity contribution is -0.136. The highest BCUT2D eigenvalue weighted by Crippen LogP contribution is 2.54. The molecule has 5 amide bonds. The predicted octanol–water partition coefficient (Wildman–Crippen LogP) is 5.25. The molecular formula is C44H56N8O6. The fraction of sp³-hybridized carbons (Fsp3) is 0.591. The highest BCUT2D eigenvalue weighted by Gasteiger charge is 2.47. The van der Waals surface area contributed by atoms with Gasteiger partial charge in [-0.2, -0.15) is 5.10 Å². The van der Waals surface area contributed by atoms with Crippen LogP contribution in [0.15, 0.2) is 36.5 Å². The maximum Gasteiger partial charge on any atom is 0.264 e. The summed E-state index contributed by atoms with van der Waals surface area (Å²) in [5, 5.41) is 18.1. The number of nitrogens with one attached hydrogen (secondary N) is 4. The summed E-state index contributed by atoms with van der Waals surface area (Å²) < 4.78 is 7.80. The van der Waals surface area contributed by atoms with E-state index in [0.717, 1.165) is 60.9 Å². The van der Waals surface area contributed by atoms with Crippen LogP contribution in [0, 0.1) is 17.3 Å². The van der Waals surface area contributed by atoms with Crippen LogP contribution in [0.5, 0.6) is 5.75 Å². The number of benzene rings is 2. The minimum Gasteiger partial charge on any atom is -0.494 e. The molecule has 5 heterocycles. The molecular weight excluding hydrogens is 737 g/mol. The second-order valence-corrected chi connectivity index (χ2v) is 17.9. The first-order valence-electron chi connectivity index (χ1n) is 21.6. The number of amides is 5. The van der Waals surface area contributed by atoms with E-state index in [1.165, 1.54) is 58.2 Å². The summed E-state index contributed by atoms with van der Waals surface area (Å²) in [6.45, 7) is 5.11. The Morgan fingerprint density at radius 1 is 0.948 bits per heavy atom. The number of rotatable bonds is 11. The van der Waals surface area contributed by atoms with Gasteiger partial charge in [-0.1, -0.05) is 12.5 Å². The van der Waals surface area contributed by atoms with Gasteiger partial charge in [0.15, 0.2) is 0 Å². The largest absolute Gasteiger partial charge is 0.494 e. The Labute approximate surface area is 339 Å². The summed E-state index contributed by atoms with van der Waals surface area (Å²) in [6.07, 6.45) is 16.1. The summed E-state index contributed by atoms with van der Waals surface area (Å²) >= 11 is 0. The second-order valence-electron chi connectivity index (χ2n) is 17.9. The van der Waals surface area contributed by atoms with E-state index in [1.807, 2.05) is 18.2 Å². The Morgan fingerprint density at radius 3 is 2.50 bits per heavy atom. The average Bonchev–Trinajstić information content (AvgIpc) is 3.75. The van der Waals surface area contributed by atoms with Crippen molar-refractivity contribution in [2.75, 3.05) is 50.5 Å². The summed E-state index contributed by atoms with van der Waals surface area (Å²) in [5.74, 6) is 0.0538. The first kappa shape index (κ1) is 38.7. The van der Waals surface area contributed by atoms with Crippen molar-refractivity contribution < 1.29 is 28.7 Å². The molecule has 6 aliphatic rings. The maximum atomic E-state index is 13.4. The van der Waals surface area contributed by atoms with Gasteiger partial charge in [-0.15, -0.1) is 0 Å². The van der Waals surface area contributed by atoms with Gasteiger partial charge in [0, 0.05) is 42.8 Å². The van der Waals surface area contributed by atoms with Crippen LogP contribution in [0.25, 0.3) is 10.9 Å². The van der Waals surface area contributed by atoms with Gasteiger partial charge in [0.05, 0.1) is 41.5 Å². The maximum absolute atomic E-state index is 13.4. The van der Waals surface area contributed by atoms with Crippen LogP contribution in [0.2, 0.25) is 0 Å². The van der Waals surface area contributed by atoms with Crippen molar-refractivity contribution in [1.82, 2.24) is 30.2 Å². The number of piperidine rings is 3. The Kier molecular flexibility index (Phi) is 10.7. The topological polar surface area (TPSA) is 167 Å². The van der Waals surface area contributed by atoms with Crippen LogP contribution in [0.4, 0.5) is 11.4 Å². The molecule has 4 N–H and O–H groups in total. The minimum absolute atomic E-state index is 0.00925. The van der Waals surface area contributed by atoms with Crippen molar-refractivity contribution in [3.8, 4) is 5.75 Å². The van der Waals surface area contributed by atoms with Crippen LogP contribution in [-0.2, 0) is 14.4 Å². The van der Waals surface area contributed by atoms with Gasteiger partial charge in [-0.25, -0.2) is 0 Å². The fourth-order valence-corrected chi connectivity index (χ4v) is 10.8. The van der Waals surface area contributed by atoms with E-state index in [4.69, 9.17) is 9.84 Å². The molecule has 3 saturated heterocycles. The monoisotopic (exact) mass is 792 g/mol. The molecule has 0 radical (unpaired) electrons. The predicted molar refractivity (Wildman–Crippen MR) is 219 cm³/mol. The molecule has 9 rings (SSSR count). The summed E-state index contributed by atoms with van der Waals surface area (Å²) in [4.78, 5) is 67.4. The zero-order chi connectivity index (χ0) is 40.0. The molecule has 14 heteroatoms. The van der Waals surface area contributed by atoms with Crippen LogP contribution in [0.3, 0.4) is 0 Å². The molecule has 3 aromatic rings. The molecule has 58 heavy (non-hydrogen) atoms. The molecule has 2 atom stereocenters. The Hall–Kier alpha value is -4.82. The molecule has 1 aromatic heterocycles. The number of likely N-dealkylation sites (tertiary alicyclic amines) is 1. The average molecular weight is 793 g/mol. The number of imide groups is 2. The number of nitrogens with zero attached hydrogens (tertiary/aromatic N) is 4. The lowest BCUT2D eigenvalue weighted by Crippen LogP contribution is -2.54. The molecule has 0 bridgehead atoms. The molecule has 14 nitrogen and oxygen atoms in total. The van der Waals surface area contributed by atoms with Crippen LogP contribution in [-0.4, -0.2) is 101 Å². The van der Waals surface area contributed by atoms with E-state index in [2.05, 4.69) is 37.0 Å². The van der Waals surface area contributed by atoms with Crippen molar-refractivity contribution in [1.29, 1.82) is 0 Å². The van der Waals surface area contributed by atoms with Gasteiger partial charge in [-0.05, 0) is 132 Å². The lowest BCUT2D eigenvalue weighted by atomic mass is 9.57. The molecule has 2 aromatic carbocycles. The van der Waals surface area contributed by atoms with E-state index in [1.54, 1.807) is 19.2 Å². The number of ether oxygens (including phenoxy) is 1. The third kappa shape index (κ3) is 7.60. The van der Waals surface area contributed by atoms with Crippen molar-refractivity contribution >= 4 is 51.8 Å². The lowest BCUT2D eigenvalue weighted by Gasteiger charge is -2.53. The van der Waals surface area contributed by atoms with Crippen LogP contribution < -0.4 is 26.0 Å². The molecule has 5 fully saturated rings. The van der Waals surface area contributed by atoms with Gasteiger partial charge in [0.25, 0.3) is 11.8 Å². The fourth-order valence-electron chi connectivity index (χ4n) is 10.8. The van der Waals surface area contributed by atoms with Gasteiger partial charge in [-0.3, -0.25) is 38.9 Å². The second kappa shape index (κ2) is 16.1. The first-order chi connectivity index (χ1) is 28.2. The third-order valence-corrected chi connectivity index (χ3v) is 14.1. The van der Waals surface area contributed by atoms with E-state index in [0.29, 0.717) is 58.1 Å². The SMILES string of the molecule is COc1cc2nn([C@H]3CC[C@H](CN4CCC5(CC4)CC(CCNc4cccc6c4C(=O)N(C4CCC(=O)NC4=O)C6=O)C5)CC3)cc2cc1NC(=O)[C@@H]1CCCCN1. The number of carbonyl (C=O) groups is 5. The quantitative estimate of drug-likeness (QED) is 0.188. The molecule has 1 spiro atoms. The molecule has 4 aliphatic heterocycles. The zero-order valence-corrected chi connectivity index (χ0v) is 33.5. The normalized spacial score (nSPS) is 26.4. The number of methoxy groups -OCH3 is 1. The van der Waals surface area contributed by atoms with Gasteiger partial charge in [0.1, 0.15) is 11.8 Å². The van der Waals surface area contributed by atoms with Crippen molar-refractivity contribution in [3.63, 3.8) is 0 Å². The Balaban J connectivity index is 0.707. The van der Waals surface area contributed by atoms with Crippen molar-refractivity contribution in [2.24, 2.45) is 17.3 Å². The van der Waals surface area contributed by atoms with E-state index in [9.17, 15) is 24.0 Å². The highest BCUT2D eigenvalue weighted by atomic mass is 16.5. The summed E-state index contributed by atoms with van der Waals surface area (Å²) in [7, 11) is 1.64. The van der Waals surface area contributed by atoms with Crippen LogP contribution in [0.1, 0.15) is 117 Å². The van der Waals surface area contributed by atoms with Gasteiger partial charge in [0.2, 0.25) is 17.7 Å². The van der Waals surface area contributed by atoms with Crippen molar-refractivity contribution in [2.45, 2.75) is 108 Å². The molecule has 2 aliphatic carbocycles. The van der Waals surface area contributed by atoms with Gasteiger partial charge < -0.3 is 25.6 Å². The number of hydrogen-bond donors (Lipinski definition) is 4. The number of anilines is 2. The van der Waals surface area contributed by atoms with E-state index in [-0.39, 0.29) is 30.7 Å². The highest BCUT2D eigenvalue weighted by molar-refractivity contribution is 6.25. The molecule has 308 valence electrons. The molecule has 1 unspecified atom stereocenters. The van der Waals surface area contributed by atoms with E-state index < -0.39 is 23.8 Å². The number of fused-ring (bicyclic) bond motifs is 2. The Bertz CT molecular complexity index is 2090. The smallest absolute Gasteiger partial charge is 0.264 e. The first-order valence-corrected chi connectivity index (χ1v) is 21.6. The van der Waals surface area contributed by atoms with Crippen LogP contribution >= 0.6 is 0 Å². The number of hydrogen-bond acceptors (Lipinski definition) is 10. The zero-order valence-electron chi connectivity index (χ0n) is 33.5.